The number of carbonyl (C=O) groups is 1. The summed E-state index contributed by atoms with van der Waals surface area (Å²) in [5, 5.41) is 24.2. The molecule has 120 valence electrons. The topological polar surface area (TPSA) is 123 Å². The zero-order valence-electron chi connectivity index (χ0n) is 12.6. The lowest BCUT2D eigenvalue weighted by Crippen LogP contribution is -2.29. The summed E-state index contributed by atoms with van der Waals surface area (Å²) in [5.74, 6) is -0.407. The second-order valence-electron chi connectivity index (χ2n) is 5.21. The number of nitrogens with zero attached hydrogens (tertiary/aromatic N) is 2. The average Bonchev–Trinajstić information content (AvgIpc) is 2.38. The highest BCUT2D eigenvalue weighted by atomic mass is 16.6. The third-order valence-electron chi connectivity index (χ3n) is 2.28. The summed E-state index contributed by atoms with van der Waals surface area (Å²) in [7, 11) is 1.26. The van der Waals surface area contributed by atoms with Crippen LogP contribution in [0.15, 0.2) is 17.2 Å². The Morgan fingerprint density at radius 1 is 1.45 bits per heavy atom. The van der Waals surface area contributed by atoms with Gasteiger partial charge in [0.05, 0.1) is 24.3 Å². The van der Waals surface area contributed by atoms with Crippen LogP contribution >= 0.6 is 0 Å². The Bertz CT molecular complexity index is 607. The highest BCUT2D eigenvalue weighted by Crippen LogP contribution is 2.33. The summed E-state index contributed by atoms with van der Waals surface area (Å²) in [6, 6.07) is 2.17. The lowest BCUT2D eigenvalue weighted by atomic mass is 10.2. The van der Waals surface area contributed by atoms with E-state index in [9.17, 15) is 20.0 Å². The van der Waals surface area contributed by atoms with Gasteiger partial charge in [-0.15, -0.1) is 0 Å². The highest BCUT2D eigenvalue weighted by Gasteiger charge is 2.17. The van der Waals surface area contributed by atoms with Crippen LogP contribution in [0.5, 0.6) is 11.5 Å². The maximum Gasteiger partial charge on any atom is 0.428 e. The number of carbonyl (C=O) groups excluding carboxylic acids is 1. The highest BCUT2D eigenvalue weighted by molar-refractivity contribution is 5.87. The summed E-state index contributed by atoms with van der Waals surface area (Å²) in [4.78, 5) is 21.6. The van der Waals surface area contributed by atoms with Crippen molar-refractivity contribution in [2.75, 3.05) is 7.11 Å². The maximum atomic E-state index is 11.4. The average molecular weight is 311 g/mol. The van der Waals surface area contributed by atoms with Gasteiger partial charge in [-0.05, 0) is 20.8 Å². The Labute approximate surface area is 126 Å². The van der Waals surface area contributed by atoms with Gasteiger partial charge in [-0.2, -0.15) is 5.10 Å². The molecule has 1 amide bonds. The van der Waals surface area contributed by atoms with E-state index in [1.54, 1.807) is 20.8 Å². The number of ether oxygens (including phenoxy) is 2. The first-order valence-electron chi connectivity index (χ1n) is 6.21. The molecule has 0 spiro atoms. The van der Waals surface area contributed by atoms with Crippen molar-refractivity contribution in [3.63, 3.8) is 0 Å². The minimum atomic E-state index is -0.791. The van der Waals surface area contributed by atoms with Gasteiger partial charge in [0.2, 0.25) is 0 Å². The number of rotatable bonds is 4. The van der Waals surface area contributed by atoms with Gasteiger partial charge < -0.3 is 14.6 Å². The van der Waals surface area contributed by atoms with Crippen molar-refractivity contribution in [1.82, 2.24) is 5.43 Å². The lowest BCUT2D eigenvalue weighted by Gasteiger charge is -2.18. The molecule has 0 radical (unpaired) electrons. The Balaban J connectivity index is 2.93. The molecule has 0 aromatic heterocycles. The van der Waals surface area contributed by atoms with Gasteiger partial charge in [0.1, 0.15) is 5.60 Å². The van der Waals surface area contributed by atoms with Crippen LogP contribution in [0.3, 0.4) is 0 Å². The number of hydrogen-bond acceptors (Lipinski definition) is 7. The van der Waals surface area contributed by atoms with Crippen LogP contribution in [0.1, 0.15) is 26.3 Å². The molecule has 0 aliphatic carbocycles. The number of nitrogens with one attached hydrogen (secondary N) is 1. The molecule has 1 rings (SSSR count). The first-order valence-corrected chi connectivity index (χ1v) is 6.21. The molecular weight excluding hydrogens is 294 g/mol. The monoisotopic (exact) mass is 311 g/mol. The number of methoxy groups -OCH3 is 1. The number of nitro groups is 1. The van der Waals surface area contributed by atoms with E-state index in [4.69, 9.17) is 9.47 Å². The van der Waals surface area contributed by atoms with E-state index in [0.717, 1.165) is 18.3 Å². The van der Waals surface area contributed by atoms with Crippen LogP contribution in [0.2, 0.25) is 0 Å². The quantitative estimate of drug-likeness (QED) is 0.499. The number of amides is 1. The van der Waals surface area contributed by atoms with E-state index in [1.165, 1.54) is 7.11 Å². The first-order chi connectivity index (χ1) is 10.1. The number of hydrazone groups is 1. The van der Waals surface area contributed by atoms with Crippen LogP contribution in [0.25, 0.3) is 0 Å². The molecule has 22 heavy (non-hydrogen) atoms. The van der Waals surface area contributed by atoms with Crippen LogP contribution in [0, 0.1) is 10.1 Å². The molecule has 0 heterocycles. The minimum Gasteiger partial charge on any atom is -0.504 e. The van der Waals surface area contributed by atoms with Gasteiger partial charge in [-0.3, -0.25) is 10.1 Å². The van der Waals surface area contributed by atoms with E-state index in [-0.39, 0.29) is 22.7 Å². The van der Waals surface area contributed by atoms with Crippen LogP contribution in [0.4, 0.5) is 10.5 Å². The second-order valence-corrected chi connectivity index (χ2v) is 5.21. The number of phenols is 1. The predicted octanol–water partition coefficient (Wildman–Crippen LogP) is 2.17. The molecule has 1 aromatic carbocycles. The molecule has 1 aromatic rings. The van der Waals surface area contributed by atoms with Crippen LogP contribution < -0.4 is 10.2 Å². The largest absolute Gasteiger partial charge is 0.504 e. The molecule has 0 aliphatic rings. The fraction of sp³-hybridized carbons (Fsp3) is 0.385. The zero-order valence-corrected chi connectivity index (χ0v) is 12.6. The van der Waals surface area contributed by atoms with E-state index >= 15 is 0 Å². The standard InChI is InChI=1S/C13H17N3O6/c1-13(2,3)22-12(18)15-14-7-8-5-9(16(19)20)6-10(21-4)11(8)17/h5-7,17H,1-4H3,(H,15,18)/b14-7+. The summed E-state index contributed by atoms with van der Waals surface area (Å²) < 4.78 is 9.80. The van der Waals surface area contributed by atoms with Crippen molar-refractivity contribution in [2.45, 2.75) is 26.4 Å². The second kappa shape index (κ2) is 6.74. The van der Waals surface area contributed by atoms with Crippen molar-refractivity contribution in [3.05, 3.63) is 27.8 Å². The van der Waals surface area contributed by atoms with Crippen LogP contribution in [-0.2, 0) is 4.74 Å². The smallest absolute Gasteiger partial charge is 0.428 e. The minimum absolute atomic E-state index is 0.0158. The maximum absolute atomic E-state index is 11.4. The summed E-state index contributed by atoms with van der Waals surface area (Å²) in [5.41, 5.74) is 1.14. The fourth-order valence-electron chi connectivity index (χ4n) is 1.43. The van der Waals surface area contributed by atoms with E-state index in [0.29, 0.717) is 0 Å². The molecule has 0 saturated heterocycles. The predicted molar refractivity (Wildman–Crippen MR) is 78.3 cm³/mol. The lowest BCUT2D eigenvalue weighted by molar-refractivity contribution is -0.385. The number of aromatic hydroxyl groups is 1. The molecule has 0 bridgehead atoms. The Hall–Kier alpha value is -2.84. The number of phenolic OH excluding ortho intramolecular Hbond substituents is 1. The van der Waals surface area contributed by atoms with E-state index < -0.39 is 16.6 Å². The molecule has 0 aliphatic heterocycles. The summed E-state index contributed by atoms with van der Waals surface area (Å²) in [6.45, 7) is 5.06. The first kappa shape index (κ1) is 17.2. The molecule has 9 heteroatoms. The molecule has 0 unspecified atom stereocenters. The van der Waals surface area contributed by atoms with Gasteiger partial charge in [0.15, 0.2) is 11.5 Å². The fourth-order valence-corrected chi connectivity index (χ4v) is 1.43. The number of nitro benzene ring substituents is 1. The van der Waals surface area contributed by atoms with E-state index in [1.807, 2.05) is 0 Å². The van der Waals surface area contributed by atoms with Crippen LogP contribution in [-0.4, -0.2) is 35.0 Å². The van der Waals surface area contributed by atoms with Crippen molar-refractivity contribution in [3.8, 4) is 11.5 Å². The number of benzene rings is 1. The molecule has 0 atom stereocenters. The molecule has 0 fully saturated rings. The third kappa shape index (κ3) is 4.93. The molecule has 2 N–H and O–H groups in total. The summed E-state index contributed by atoms with van der Waals surface area (Å²) >= 11 is 0. The van der Waals surface area contributed by atoms with Gasteiger partial charge in [0.25, 0.3) is 5.69 Å². The molecule has 9 nitrogen and oxygen atoms in total. The Morgan fingerprint density at radius 3 is 2.59 bits per heavy atom. The summed E-state index contributed by atoms with van der Waals surface area (Å²) in [6.07, 6.45) is 0.259. The van der Waals surface area contributed by atoms with Gasteiger partial charge in [-0.1, -0.05) is 0 Å². The number of non-ortho nitro benzene ring substituents is 1. The SMILES string of the molecule is COc1cc([N+](=O)[O-])cc(/C=N/NC(=O)OC(C)(C)C)c1O. The zero-order chi connectivity index (χ0) is 16.9. The van der Waals surface area contributed by atoms with Gasteiger partial charge in [-0.25, -0.2) is 10.2 Å². The molecular formula is C13H17N3O6. The Morgan fingerprint density at radius 2 is 2.09 bits per heavy atom. The van der Waals surface area contributed by atoms with Gasteiger partial charge in [0, 0.05) is 11.6 Å². The van der Waals surface area contributed by atoms with Crippen molar-refractivity contribution >= 4 is 18.0 Å². The Kier molecular flexibility index (Phi) is 5.28. The van der Waals surface area contributed by atoms with Crippen molar-refractivity contribution in [2.24, 2.45) is 5.10 Å². The third-order valence-corrected chi connectivity index (χ3v) is 2.28. The van der Waals surface area contributed by atoms with Crippen molar-refractivity contribution in [1.29, 1.82) is 0 Å². The van der Waals surface area contributed by atoms with Gasteiger partial charge >= 0.3 is 6.09 Å². The number of hydrogen-bond donors (Lipinski definition) is 2. The molecule has 0 saturated carbocycles. The van der Waals surface area contributed by atoms with E-state index in [2.05, 4.69) is 10.5 Å². The normalized spacial score (nSPS) is 11.3. The van der Waals surface area contributed by atoms with Crippen molar-refractivity contribution < 1.29 is 24.3 Å².